The minimum absolute atomic E-state index is 0.263. The Kier molecular flexibility index (Phi) is 44.1. The van der Waals surface area contributed by atoms with Gasteiger partial charge in [-0.3, -0.25) is 4.79 Å². The van der Waals surface area contributed by atoms with Crippen LogP contribution in [0.4, 0.5) is 0 Å². The van der Waals surface area contributed by atoms with Gasteiger partial charge in [0.05, 0.1) is 6.61 Å². The molecule has 0 aromatic rings. The fraction of sp³-hybridized carbons (Fsp3) is 0.974. The summed E-state index contributed by atoms with van der Waals surface area (Å²) in [6.45, 7) is 6.64. The Labute approximate surface area is 265 Å². The molecule has 254 valence electrons. The summed E-state index contributed by atoms with van der Waals surface area (Å²) in [6, 6.07) is 0. The maximum atomic E-state index is 10.3. The number of aliphatic hydroxyl groups excluding tert-OH is 1. The molecule has 0 saturated carbocycles. The highest BCUT2D eigenvalue weighted by Gasteiger charge is 1.97. The molecule has 0 aromatic heterocycles. The van der Waals surface area contributed by atoms with Gasteiger partial charge in [0.15, 0.2) is 0 Å². The maximum absolute atomic E-state index is 10.3. The number of unbranched alkanes of at least 4 members (excludes halogenated alkanes) is 29. The van der Waals surface area contributed by atoms with E-state index in [2.05, 4.69) is 19.2 Å². The largest absolute Gasteiger partial charge is 0.481 e. The summed E-state index contributed by atoms with van der Waals surface area (Å²) in [7, 11) is 0. The Morgan fingerprint density at radius 1 is 0.405 bits per heavy atom. The molecule has 4 heteroatoms. The lowest BCUT2D eigenvalue weighted by molar-refractivity contribution is -0.137. The second kappa shape index (κ2) is 42.5. The smallest absolute Gasteiger partial charge is 0.303 e. The van der Waals surface area contributed by atoms with Crippen LogP contribution in [0.25, 0.3) is 0 Å². The summed E-state index contributed by atoms with van der Waals surface area (Å²) in [6.07, 6.45) is 43.0. The molecule has 0 aliphatic heterocycles. The lowest BCUT2D eigenvalue weighted by Gasteiger charge is -2.04. The van der Waals surface area contributed by atoms with E-state index in [1.54, 1.807) is 0 Å². The van der Waals surface area contributed by atoms with Crippen LogP contribution >= 0.6 is 0 Å². The minimum atomic E-state index is -0.653. The molecular formula is C38H79NO3. The third-order valence-corrected chi connectivity index (χ3v) is 8.49. The molecular weight excluding hydrogens is 518 g/mol. The minimum Gasteiger partial charge on any atom is -0.481 e. The SMILES string of the molecule is CCCCCCCCCCCCCCCCCC(=O)O.CCCCCCCCCCCCCCCCCCNCCO. The molecule has 0 saturated heterocycles. The standard InChI is InChI=1S/C20H43NO.C18H36O2/c1-2-3-4-5-6-7-8-9-10-11-12-13-14-15-16-17-18-21-19-20-22;1-2-3-4-5-6-7-8-9-10-11-12-13-14-15-16-17-18(19)20/h21-22H,2-20H2,1H3;2-17H2,1H3,(H,19,20). The first kappa shape index (κ1) is 43.5. The van der Waals surface area contributed by atoms with Crippen LogP contribution in [0.2, 0.25) is 0 Å². The van der Waals surface area contributed by atoms with Crippen molar-refractivity contribution in [2.24, 2.45) is 0 Å². The number of rotatable bonds is 35. The fourth-order valence-electron chi connectivity index (χ4n) is 5.65. The Morgan fingerprint density at radius 3 is 0.929 bits per heavy atom. The van der Waals surface area contributed by atoms with Crippen molar-refractivity contribution < 1.29 is 15.0 Å². The maximum Gasteiger partial charge on any atom is 0.303 e. The summed E-state index contributed by atoms with van der Waals surface area (Å²) in [5.74, 6) is -0.653. The van der Waals surface area contributed by atoms with Crippen molar-refractivity contribution in [3.05, 3.63) is 0 Å². The van der Waals surface area contributed by atoms with Gasteiger partial charge in [0.2, 0.25) is 0 Å². The normalized spacial score (nSPS) is 11.0. The van der Waals surface area contributed by atoms with Crippen molar-refractivity contribution in [2.75, 3.05) is 19.7 Å². The number of carboxylic acid groups (broad SMARTS) is 1. The van der Waals surface area contributed by atoms with E-state index in [-0.39, 0.29) is 6.61 Å². The van der Waals surface area contributed by atoms with E-state index in [9.17, 15) is 4.79 Å². The van der Waals surface area contributed by atoms with Gasteiger partial charge >= 0.3 is 5.97 Å². The van der Waals surface area contributed by atoms with Gasteiger partial charge in [0.1, 0.15) is 0 Å². The zero-order valence-electron chi connectivity index (χ0n) is 29.1. The lowest BCUT2D eigenvalue weighted by atomic mass is 10.0. The van der Waals surface area contributed by atoms with Crippen LogP contribution in [0, 0.1) is 0 Å². The fourth-order valence-corrected chi connectivity index (χ4v) is 5.65. The third kappa shape index (κ3) is 46.4. The third-order valence-electron chi connectivity index (χ3n) is 8.49. The van der Waals surface area contributed by atoms with E-state index in [0.29, 0.717) is 6.42 Å². The van der Waals surface area contributed by atoms with Gasteiger partial charge in [-0.15, -0.1) is 0 Å². The zero-order chi connectivity index (χ0) is 31.0. The average Bonchev–Trinajstić information content (AvgIpc) is 2.98. The van der Waals surface area contributed by atoms with E-state index >= 15 is 0 Å². The second-order valence-corrected chi connectivity index (χ2v) is 12.9. The summed E-state index contributed by atoms with van der Waals surface area (Å²) < 4.78 is 0. The molecule has 4 nitrogen and oxygen atoms in total. The topological polar surface area (TPSA) is 69.6 Å². The molecule has 0 rings (SSSR count). The second-order valence-electron chi connectivity index (χ2n) is 12.9. The predicted molar refractivity (Wildman–Crippen MR) is 187 cm³/mol. The van der Waals surface area contributed by atoms with Crippen LogP contribution < -0.4 is 5.32 Å². The van der Waals surface area contributed by atoms with Crippen molar-refractivity contribution in [3.8, 4) is 0 Å². The molecule has 3 N–H and O–H groups in total. The van der Waals surface area contributed by atoms with Gasteiger partial charge < -0.3 is 15.5 Å². The lowest BCUT2D eigenvalue weighted by Crippen LogP contribution is -2.19. The Bertz CT molecular complexity index is 451. The number of carbonyl (C=O) groups is 1. The number of hydrogen-bond acceptors (Lipinski definition) is 3. The van der Waals surface area contributed by atoms with Gasteiger partial charge in [-0.1, -0.05) is 200 Å². The number of aliphatic hydroxyl groups is 1. The molecule has 0 atom stereocenters. The molecule has 0 aliphatic rings. The van der Waals surface area contributed by atoms with Gasteiger partial charge in [-0.2, -0.15) is 0 Å². The number of aliphatic carboxylic acids is 1. The van der Waals surface area contributed by atoms with Gasteiger partial charge in [0.25, 0.3) is 0 Å². The molecule has 0 radical (unpaired) electrons. The summed E-state index contributed by atoms with van der Waals surface area (Å²) in [5, 5.41) is 20.4. The van der Waals surface area contributed by atoms with Crippen LogP contribution in [0.5, 0.6) is 0 Å². The monoisotopic (exact) mass is 598 g/mol. The number of hydrogen-bond donors (Lipinski definition) is 3. The van der Waals surface area contributed by atoms with Gasteiger partial charge in [0, 0.05) is 13.0 Å². The molecule has 0 unspecified atom stereocenters. The molecule has 0 bridgehead atoms. The van der Waals surface area contributed by atoms with Gasteiger partial charge in [-0.05, 0) is 19.4 Å². The van der Waals surface area contributed by atoms with Crippen molar-refractivity contribution in [1.82, 2.24) is 5.32 Å². The molecule has 0 amide bonds. The Morgan fingerprint density at radius 2 is 0.667 bits per heavy atom. The van der Waals surface area contributed by atoms with Crippen LogP contribution in [-0.4, -0.2) is 35.9 Å². The van der Waals surface area contributed by atoms with E-state index < -0.39 is 5.97 Å². The highest BCUT2D eigenvalue weighted by Crippen LogP contribution is 2.15. The van der Waals surface area contributed by atoms with Crippen LogP contribution in [0.1, 0.15) is 219 Å². The van der Waals surface area contributed by atoms with Crippen molar-refractivity contribution in [3.63, 3.8) is 0 Å². The Balaban J connectivity index is 0. The zero-order valence-corrected chi connectivity index (χ0v) is 29.1. The molecule has 0 fully saturated rings. The van der Waals surface area contributed by atoms with E-state index in [1.807, 2.05) is 0 Å². The molecule has 0 heterocycles. The number of nitrogens with one attached hydrogen (secondary N) is 1. The first-order chi connectivity index (χ1) is 20.7. The highest BCUT2D eigenvalue weighted by molar-refractivity contribution is 5.66. The summed E-state index contributed by atoms with van der Waals surface area (Å²) in [5.41, 5.74) is 0. The number of carboxylic acids is 1. The average molecular weight is 598 g/mol. The molecule has 0 aliphatic carbocycles. The van der Waals surface area contributed by atoms with E-state index in [4.69, 9.17) is 10.2 Å². The van der Waals surface area contributed by atoms with E-state index in [0.717, 1.165) is 25.9 Å². The van der Waals surface area contributed by atoms with Crippen LogP contribution in [-0.2, 0) is 4.79 Å². The summed E-state index contributed by atoms with van der Waals surface area (Å²) >= 11 is 0. The highest BCUT2D eigenvalue weighted by atomic mass is 16.4. The molecule has 0 aromatic carbocycles. The first-order valence-corrected chi connectivity index (χ1v) is 19.2. The molecule has 0 spiro atoms. The van der Waals surface area contributed by atoms with Crippen molar-refractivity contribution in [2.45, 2.75) is 219 Å². The van der Waals surface area contributed by atoms with E-state index in [1.165, 1.54) is 186 Å². The van der Waals surface area contributed by atoms with Crippen LogP contribution in [0.15, 0.2) is 0 Å². The Hall–Kier alpha value is -0.610. The predicted octanol–water partition coefficient (Wildman–Crippen LogP) is 12.2. The molecule has 42 heavy (non-hydrogen) atoms. The summed E-state index contributed by atoms with van der Waals surface area (Å²) in [4.78, 5) is 10.3. The first-order valence-electron chi connectivity index (χ1n) is 19.2. The van der Waals surface area contributed by atoms with Gasteiger partial charge in [-0.25, -0.2) is 0 Å². The van der Waals surface area contributed by atoms with Crippen molar-refractivity contribution in [1.29, 1.82) is 0 Å². The van der Waals surface area contributed by atoms with Crippen LogP contribution in [0.3, 0.4) is 0 Å². The quantitative estimate of drug-likeness (QED) is 0.0635. The van der Waals surface area contributed by atoms with Crippen molar-refractivity contribution >= 4 is 5.97 Å².